The van der Waals surface area contributed by atoms with Gasteiger partial charge in [-0.05, 0) is 37.5 Å². The quantitative estimate of drug-likeness (QED) is 0.762. The maximum atomic E-state index is 13.6. The van der Waals surface area contributed by atoms with Crippen LogP contribution in [0.1, 0.15) is 29.4 Å². The number of hydrogen-bond acceptors (Lipinski definition) is 2. The molecule has 0 aliphatic rings. The minimum absolute atomic E-state index is 0.210. The van der Waals surface area contributed by atoms with Crippen molar-refractivity contribution in [3.8, 4) is 0 Å². The maximum absolute atomic E-state index is 13.6. The van der Waals surface area contributed by atoms with Crippen molar-refractivity contribution in [3.63, 3.8) is 0 Å². The summed E-state index contributed by atoms with van der Waals surface area (Å²) in [5.41, 5.74) is 2.59. The molecule has 1 aromatic heterocycles. The standard InChI is InChI=1S/C18H17FO2/c1-12-4-2-5-13(10-12)8-9-16(20)17-11-14-6-3-7-15(19)18(14)21-17/h2-7,10-11,16,20H,8-9H2,1H3. The van der Waals surface area contributed by atoms with E-state index in [0.717, 1.165) is 6.42 Å². The van der Waals surface area contributed by atoms with Gasteiger partial charge in [0.2, 0.25) is 0 Å². The lowest BCUT2D eigenvalue weighted by atomic mass is 10.0. The SMILES string of the molecule is Cc1cccc(CCC(O)c2cc3cccc(F)c3o2)c1. The number of para-hydroxylation sites is 1. The molecular formula is C18H17FO2. The van der Waals surface area contributed by atoms with E-state index in [2.05, 4.69) is 6.07 Å². The van der Waals surface area contributed by atoms with Crippen LogP contribution in [0.25, 0.3) is 11.0 Å². The molecule has 0 aliphatic heterocycles. The molecule has 3 rings (SSSR count). The van der Waals surface area contributed by atoms with Gasteiger partial charge in [-0.25, -0.2) is 4.39 Å². The normalized spacial score (nSPS) is 12.7. The summed E-state index contributed by atoms with van der Waals surface area (Å²) in [6.45, 7) is 2.04. The third-order valence-electron chi connectivity index (χ3n) is 3.63. The zero-order valence-corrected chi connectivity index (χ0v) is 11.8. The van der Waals surface area contributed by atoms with Crippen LogP contribution in [0.2, 0.25) is 0 Å². The molecule has 1 atom stereocenters. The fourth-order valence-corrected chi connectivity index (χ4v) is 2.52. The Bertz CT molecular complexity index is 761. The topological polar surface area (TPSA) is 33.4 Å². The van der Waals surface area contributed by atoms with E-state index in [1.165, 1.54) is 17.2 Å². The average molecular weight is 284 g/mol. The predicted molar refractivity (Wildman–Crippen MR) is 80.6 cm³/mol. The summed E-state index contributed by atoms with van der Waals surface area (Å²) in [6, 6.07) is 14.7. The highest BCUT2D eigenvalue weighted by Crippen LogP contribution is 2.28. The van der Waals surface area contributed by atoms with Crippen molar-refractivity contribution in [3.05, 3.63) is 71.2 Å². The van der Waals surface area contributed by atoms with Gasteiger partial charge in [0.25, 0.3) is 0 Å². The molecule has 0 saturated heterocycles. The Labute approximate surface area is 122 Å². The van der Waals surface area contributed by atoms with Gasteiger partial charge in [0, 0.05) is 5.39 Å². The molecule has 1 heterocycles. The number of aliphatic hydroxyl groups is 1. The van der Waals surface area contributed by atoms with Gasteiger partial charge in [0.05, 0.1) is 0 Å². The van der Waals surface area contributed by atoms with Gasteiger partial charge in [0.15, 0.2) is 11.4 Å². The van der Waals surface area contributed by atoms with Crippen LogP contribution in [-0.2, 0) is 6.42 Å². The van der Waals surface area contributed by atoms with Gasteiger partial charge in [-0.3, -0.25) is 0 Å². The highest BCUT2D eigenvalue weighted by atomic mass is 19.1. The Kier molecular flexibility index (Phi) is 3.76. The minimum atomic E-state index is -0.725. The molecule has 0 aliphatic carbocycles. The highest BCUT2D eigenvalue weighted by molar-refractivity contribution is 5.78. The van der Waals surface area contributed by atoms with E-state index in [9.17, 15) is 9.50 Å². The summed E-state index contributed by atoms with van der Waals surface area (Å²) >= 11 is 0. The van der Waals surface area contributed by atoms with Crippen molar-refractivity contribution in [1.82, 2.24) is 0 Å². The Morgan fingerprint density at radius 3 is 2.71 bits per heavy atom. The van der Waals surface area contributed by atoms with E-state index in [1.54, 1.807) is 18.2 Å². The van der Waals surface area contributed by atoms with Crippen LogP contribution in [-0.4, -0.2) is 5.11 Å². The summed E-state index contributed by atoms with van der Waals surface area (Å²) in [5.74, 6) is 0.0207. The second-order valence-corrected chi connectivity index (χ2v) is 5.35. The monoisotopic (exact) mass is 284 g/mol. The number of hydrogen-bond donors (Lipinski definition) is 1. The first-order chi connectivity index (χ1) is 10.1. The van der Waals surface area contributed by atoms with E-state index in [1.807, 2.05) is 25.1 Å². The van der Waals surface area contributed by atoms with Crippen LogP contribution in [0.15, 0.2) is 52.9 Å². The first-order valence-electron chi connectivity index (χ1n) is 7.05. The van der Waals surface area contributed by atoms with Gasteiger partial charge in [-0.2, -0.15) is 0 Å². The lowest BCUT2D eigenvalue weighted by Gasteiger charge is -2.08. The molecule has 108 valence electrons. The third kappa shape index (κ3) is 2.98. The van der Waals surface area contributed by atoms with Gasteiger partial charge in [-0.1, -0.05) is 42.0 Å². The lowest BCUT2D eigenvalue weighted by molar-refractivity contribution is 0.142. The van der Waals surface area contributed by atoms with Crippen LogP contribution < -0.4 is 0 Å². The molecule has 0 amide bonds. The third-order valence-corrected chi connectivity index (χ3v) is 3.63. The Morgan fingerprint density at radius 1 is 1.14 bits per heavy atom. The molecule has 1 N–H and O–H groups in total. The van der Waals surface area contributed by atoms with Crippen LogP contribution in [0, 0.1) is 12.7 Å². The highest BCUT2D eigenvalue weighted by Gasteiger charge is 2.15. The number of benzene rings is 2. The molecule has 0 radical (unpaired) electrons. The number of aryl methyl sites for hydroxylation is 2. The molecule has 0 bridgehead atoms. The fourth-order valence-electron chi connectivity index (χ4n) is 2.52. The van der Waals surface area contributed by atoms with Crippen LogP contribution in [0.5, 0.6) is 0 Å². The molecule has 2 aromatic carbocycles. The fraction of sp³-hybridized carbons (Fsp3) is 0.222. The summed E-state index contributed by atoms with van der Waals surface area (Å²) in [5, 5.41) is 10.9. The van der Waals surface area contributed by atoms with Crippen LogP contribution in [0.4, 0.5) is 4.39 Å². The van der Waals surface area contributed by atoms with E-state index in [-0.39, 0.29) is 5.58 Å². The molecule has 3 heteroatoms. The van der Waals surface area contributed by atoms with E-state index >= 15 is 0 Å². The average Bonchev–Trinajstić information content (AvgIpc) is 2.90. The lowest BCUT2D eigenvalue weighted by Crippen LogP contribution is -1.98. The van der Waals surface area contributed by atoms with Crippen LogP contribution in [0.3, 0.4) is 0 Å². The number of rotatable bonds is 4. The van der Waals surface area contributed by atoms with Crippen molar-refractivity contribution in [2.75, 3.05) is 0 Å². The summed E-state index contributed by atoms with van der Waals surface area (Å²) < 4.78 is 19.0. The number of furan rings is 1. The number of halogens is 1. The molecule has 0 fully saturated rings. The molecular weight excluding hydrogens is 267 g/mol. The molecule has 1 unspecified atom stereocenters. The van der Waals surface area contributed by atoms with Gasteiger partial charge in [0.1, 0.15) is 11.9 Å². The van der Waals surface area contributed by atoms with E-state index < -0.39 is 11.9 Å². The Morgan fingerprint density at radius 2 is 1.95 bits per heavy atom. The van der Waals surface area contributed by atoms with Gasteiger partial charge >= 0.3 is 0 Å². The van der Waals surface area contributed by atoms with Gasteiger partial charge in [-0.15, -0.1) is 0 Å². The Balaban J connectivity index is 1.75. The van der Waals surface area contributed by atoms with Crippen molar-refractivity contribution >= 4 is 11.0 Å². The summed E-state index contributed by atoms with van der Waals surface area (Å²) in [7, 11) is 0. The minimum Gasteiger partial charge on any atom is -0.455 e. The van der Waals surface area contributed by atoms with Crippen molar-refractivity contribution < 1.29 is 13.9 Å². The molecule has 2 nitrogen and oxygen atoms in total. The van der Waals surface area contributed by atoms with E-state index in [4.69, 9.17) is 4.42 Å². The van der Waals surface area contributed by atoms with Crippen molar-refractivity contribution in [2.45, 2.75) is 25.9 Å². The zero-order valence-electron chi connectivity index (χ0n) is 11.8. The predicted octanol–water partition coefficient (Wildman–Crippen LogP) is 4.55. The second kappa shape index (κ2) is 5.70. The van der Waals surface area contributed by atoms with Crippen LogP contribution >= 0.6 is 0 Å². The zero-order chi connectivity index (χ0) is 14.8. The first kappa shape index (κ1) is 13.8. The first-order valence-corrected chi connectivity index (χ1v) is 7.05. The smallest absolute Gasteiger partial charge is 0.170 e. The van der Waals surface area contributed by atoms with Crippen molar-refractivity contribution in [2.24, 2.45) is 0 Å². The Hall–Kier alpha value is -2.13. The molecule has 0 saturated carbocycles. The molecule has 21 heavy (non-hydrogen) atoms. The van der Waals surface area contributed by atoms with Gasteiger partial charge < -0.3 is 9.52 Å². The summed E-state index contributed by atoms with van der Waals surface area (Å²) in [6.07, 6.45) is 0.574. The number of aliphatic hydroxyl groups excluding tert-OH is 1. The van der Waals surface area contributed by atoms with Crippen molar-refractivity contribution in [1.29, 1.82) is 0 Å². The number of fused-ring (bicyclic) bond motifs is 1. The summed E-state index contributed by atoms with van der Waals surface area (Å²) in [4.78, 5) is 0. The molecule has 3 aromatic rings. The van der Waals surface area contributed by atoms with E-state index in [0.29, 0.717) is 17.6 Å². The largest absolute Gasteiger partial charge is 0.455 e. The maximum Gasteiger partial charge on any atom is 0.170 e. The second-order valence-electron chi connectivity index (χ2n) is 5.35. The molecule has 0 spiro atoms.